The van der Waals surface area contributed by atoms with Crippen molar-refractivity contribution in [1.29, 1.82) is 0 Å². The minimum atomic E-state index is -5.08. The van der Waals surface area contributed by atoms with Crippen molar-refractivity contribution < 1.29 is 37.5 Å². The van der Waals surface area contributed by atoms with Gasteiger partial charge in [-0.05, 0) is 43.5 Å². The highest BCUT2D eigenvalue weighted by Gasteiger charge is 2.38. The Kier molecular flexibility index (Phi) is 7.53. The highest BCUT2D eigenvalue weighted by Crippen LogP contribution is 2.22. The van der Waals surface area contributed by atoms with Gasteiger partial charge in [-0.3, -0.25) is 14.4 Å². The molecule has 2 amide bonds. The molecule has 0 saturated carbocycles. The van der Waals surface area contributed by atoms with Crippen LogP contribution in [0.4, 0.5) is 13.2 Å². The molecule has 166 valence electrons. The van der Waals surface area contributed by atoms with E-state index in [2.05, 4.69) is 6.07 Å². The third-order valence-electron chi connectivity index (χ3n) is 4.40. The Morgan fingerprint density at radius 3 is 2.06 bits per heavy atom. The Labute approximate surface area is 176 Å². The van der Waals surface area contributed by atoms with Crippen LogP contribution in [-0.4, -0.2) is 46.8 Å². The van der Waals surface area contributed by atoms with E-state index in [-0.39, 0.29) is 12.6 Å². The highest BCUT2D eigenvalue weighted by atomic mass is 19.4. The van der Waals surface area contributed by atoms with E-state index in [1.54, 1.807) is 24.3 Å². The van der Waals surface area contributed by atoms with Crippen LogP contribution in [0.3, 0.4) is 0 Å². The molecule has 31 heavy (non-hydrogen) atoms. The van der Waals surface area contributed by atoms with E-state index in [1.807, 2.05) is 26.0 Å². The predicted molar refractivity (Wildman–Crippen MR) is 104 cm³/mol. The molecule has 2 aromatic rings. The van der Waals surface area contributed by atoms with Crippen LogP contribution in [0, 0.1) is 13.8 Å². The van der Waals surface area contributed by atoms with E-state index in [4.69, 9.17) is 20.5 Å². The molecule has 1 aliphatic rings. The number of nitrogens with zero attached hydrogens (tertiary/aromatic N) is 1. The van der Waals surface area contributed by atoms with Gasteiger partial charge in [0.1, 0.15) is 0 Å². The fourth-order valence-electron chi connectivity index (χ4n) is 2.87. The van der Waals surface area contributed by atoms with Gasteiger partial charge in [0.2, 0.25) is 0 Å². The molecule has 10 heteroatoms. The number of hydrogen-bond acceptors (Lipinski definition) is 5. The first-order chi connectivity index (χ1) is 14.4. The number of carboxylic acids is 1. The van der Waals surface area contributed by atoms with Gasteiger partial charge in [0.15, 0.2) is 0 Å². The number of imide groups is 1. The van der Waals surface area contributed by atoms with Gasteiger partial charge in [0.05, 0.1) is 17.7 Å². The minimum Gasteiger partial charge on any atom is -0.475 e. The fourth-order valence-corrected chi connectivity index (χ4v) is 2.87. The molecular formula is C21H21F3N2O5. The number of hydroxylamine groups is 2. The van der Waals surface area contributed by atoms with Crippen molar-refractivity contribution in [3.8, 4) is 0 Å². The summed E-state index contributed by atoms with van der Waals surface area (Å²) in [6.45, 7) is 4.18. The van der Waals surface area contributed by atoms with Crippen LogP contribution in [0.2, 0.25) is 0 Å². The zero-order chi connectivity index (χ0) is 23.3. The smallest absolute Gasteiger partial charge is 0.475 e. The van der Waals surface area contributed by atoms with Crippen LogP contribution in [-0.2, 0) is 16.1 Å². The van der Waals surface area contributed by atoms with Gasteiger partial charge in [-0.2, -0.15) is 13.2 Å². The molecule has 2 aromatic carbocycles. The van der Waals surface area contributed by atoms with E-state index >= 15 is 0 Å². The number of rotatable bonds is 5. The quantitative estimate of drug-likeness (QED) is 0.695. The topological polar surface area (TPSA) is 110 Å². The van der Waals surface area contributed by atoms with Gasteiger partial charge >= 0.3 is 12.1 Å². The van der Waals surface area contributed by atoms with E-state index in [1.165, 1.54) is 11.1 Å². The molecule has 3 rings (SSSR count). The summed E-state index contributed by atoms with van der Waals surface area (Å²) < 4.78 is 31.7. The van der Waals surface area contributed by atoms with Gasteiger partial charge in [-0.25, -0.2) is 4.79 Å². The van der Waals surface area contributed by atoms with E-state index in [0.717, 1.165) is 10.6 Å². The first-order valence-electron chi connectivity index (χ1n) is 9.14. The Morgan fingerprint density at radius 1 is 1.10 bits per heavy atom. The molecular weight excluding hydrogens is 417 g/mol. The van der Waals surface area contributed by atoms with Crippen LogP contribution < -0.4 is 5.73 Å². The number of alkyl halides is 3. The maximum Gasteiger partial charge on any atom is 0.490 e. The number of carbonyl (C=O) groups is 3. The Balaban J connectivity index is 0.000000423. The van der Waals surface area contributed by atoms with Crippen molar-refractivity contribution in [3.63, 3.8) is 0 Å². The van der Waals surface area contributed by atoms with Crippen molar-refractivity contribution in [3.05, 3.63) is 70.3 Å². The number of benzene rings is 2. The second-order valence-electron chi connectivity index (χ2n) is 6.94. The summed E-state index contributed by atoms with van der Waals surface area (Å²) in [7, 11) is 0. The summed E-state index contributed by atoms with van der Waals surface area (Å²) in [5, 5.41) is 7.94. The number of aryl methyl sites for hydroxylation is 2. The van der Waals surface area contributed by atoms with Gasteiger partial charge in [-0.15, -0.1) is 5.06 Å². The van der Waals surface area contributed by atoms with E-state index in [9.17, 15) is 22.8 Å². The van der Waals surface area contributed by atoms with Crippen molar-refractivity contribution in [2.75, 3.05) is 6.61 Å². The first-order valence-corrected chi connectivity index (χ1v) is 9.14. The third-order valence-corrected chi connectivity index (χ3v) is 4.40. The van der Waals surface area contributed by atoms with Crippen molar-refractivity contribution in [2.45, 2.75) is 32.5 Å². The van der Waals surface area contributed by atoms with Crippen molar-refractivity contribution in [2.24, 2.45) is 5.73 Å². The van der Waals surface area contributed by atoms with Crippen LogP contribution >= 0.6 is 0 Å². The molecule has 0 radical (unpaired) electrons. The summed E-state index contributed by atoms with van der Waals surface area (Å²) in [5.41, 5.74) is 10.4. The zero-order valence-electron chi connectivity index (χ0n) is 16.8. The van der Waals surface area contributed by atoms with Crippen LogP contribution in [0.5, 0.6) is 0 Å². The lowest BCUT2D eigenvalue weighted by molar-refractivity contribution is -0.192. The van der Waals surface area contributed by atoms with Crippen molar-refractivity contribution >= 4 is 17.8 Å². The van der Waals surface area contributed by atoms with Gasteiger partial charge < -0.3 is 10.8 Å². The Morgan fingerprint density at radius 2 is 1.61 bits per heavy atom. The molecule has 1 heterocycles. The van der Waals surface area contributed by atoms with E-state index < -0.39 is 24.0 Å². The van der Waals surface area contributed by atoms with Crippen LogP contribution in [0.15, 0.2) is 42.5 Å². The summed E-state index contributed by atoms with van der Waals surface area (Å²) in [6, 6.07) is 12.6. The Bertz CT molecular complexity index is 956. The molecule has 1 aliphatic heterocycles. The number of fused-ring (bicyclic) bond motifs is 1. The number of carbonyl (C=O) groups excluding carboxylic acids is 2. The molecule has 0 saturated heterocycles. The molecule has 0 aromatic heterocycles. The molecule has 0 spiro atoms. The monoisotopic (exact) mass is 438 g/mol. The number of aliphatic carboxylic acids is 1. The van der Waals surface area contributed by atoms with Gasteiger partial charge in [0.25, 0.3) is 11.8 Å². The number of hydrogen-bond donors (Lipinski definition) is 2. The van der Waals surface area contributed by atoms with Crippen LogP contribution in [0.25, 0.3) is 0 Å². The summed E-state index contributed by atoms with van der Waals surface area (Å²) in [6.07, 6.45) is -4.46. The van der Waals surface area contributed by atoms with Gasteiger partial charge in [0, 0.05) is 6.04 Å². The Hall–Kier alpha value is -3.24. The van der Waals surface area contributed by atoms with Crippen LogP contribution in [0.1, 0.15) is 37.4 Å². The summed E-state index contributed by atoms with van der Waals surface area (Å²) in [4.78, 5) is 38.7. The molecule has 1 atom stereocenters. The fraction of sp³-hybridized carbons (Fsp3) is 0.286. The number of carboxylic acid groups (broad SMARTS) is 1. The average Bonchev–Trinajstić information content (AvgIpc) is 2.93. The standard InChI is InChI=1S/C19H20N2O3.C2HF3O2/c1-12-7-8-14(13(2)9-12)10-15(20)11-24-21-18(22)16-5-3-4-6-17(16)19(21)23;3-2(4,5)1(6)7/h3-9,15H,10-11,20H2,1-2H3;(H,6,7). The highest BCUT2D eigenvalue weighted by molar-refractivity contribution is 6.20. The maximum atomic E-state index is 12.2. The second-order valence-corrected chi connectivity index (χ2v) is 6.94. The largest absolute Gasteiger partial charge is 0.490 e. The maximum absolute atomic E-state index is 12.2. The summed E-state index contributed by atoms with van der Waals surface area (Å²) in [5.74, 6) is -3.63. The SMILES string of the molecule is Cc1ccc(CC(N)CON2C(=O)c3ccccc3C2=O)c(C)c1.O=C(O)C(F)(F)F. The lowest BCUT2D eigenvalue weighted by Gasteiger charge is -2.18. The lowest BCUT2D eigenvalue weighted by atomic mass is 10.00. The average molecular weight is 438 g/mol. The normalized spacial score (nSPS) is 14.1. The summed E-state index contributed by atoms with van der Waals surface area (Å²) >= 11 is 0. The van der Waals surface area contributed by atoms with Crippen molar-refractivity contribution in [1.82, 2.24) is 5.06 Å². The first kappa shape index (κ1) is 24.0. The lowest BCUT2D eigenvalue weighted by Crippen LogP contribution is -2.37. The molecule has 7 nitrogen and oxygen atoms in total. The second kappa shape index (κ2) is 9.71. The van der Waals surface area contributed by atoms with E-state index in [0.29, 0.717) is 17.5 Å². The minimum absolute atomic E-state index is 0.0960. The number of halogens is 3. The zero-order valence-corrected chi connectivity index (χ0v) is 16.8. The third kappa shape index (κ3) is 6.12. The van der Waals surface area contributed by atoms with Gasteiger partial charge in [-0.1, -0.05) is 35.9 Å². The predicted octanol–water partition coefficient (Wildman–Crippen LogP) is 3.03. The molecule has 0 aliphatic carbocycles. The molecule has 3 N–H and O–H groups in total. The molecule has 0 fully saturated rings. The number of amides is 2. The molecule has 1 unspecified atom stereocenters. The number of nitrogens with two attached hydrogens (primary N) is 1. The molecule has 0 bridgehead atoms.